The predicted octanol–water partition coefficient (Wildman–Crippen LogP) is 3.06. The summed E-state index contributed by atoms with van der Waals surface area (Å²) in [5.74, 6) is 0.191. The third-order valence-corrected chi connectivity index (χ3v) is 5.42. The predicted molar refractivity (Wildman–Crippen MR) is 117 cm³/mol. The van der Waals surface area contributed by atoms with Gasteiger partial charge in [0, 0.05) is 35.8 Å². The topological polar surface area (TPSA) is 104 Å². The first-order chi connectivity index (χ1) is 15.0. The second-order valence-electron chi connectivity index (χ2n) is 7.42. The molecule has 1 aromatic heterocycles. The molecular weight excluding hydrogens is 396 g/mol. The summed E-state index contributed by atoms with van der Waals surface area (Å²) in [5.41, 5.74) is 2.72. The van der Waals surface area contributed by atoms with E-state index < -0.39 is 12.1 Å². The van der Waals surface area contributed by atoms with Crippen LogP contribution in [0.15, 0.2) is 54.7 Å². The second-order valence-corrected chi connectivity index (χ2v) is 7.42. The first-order valence-corrected chi connectivity index (χ1v) is 10.2. The number of methoxy groups -OCH3 is 1. The summed E-state index contributed by atoms with van der Waals surface area (Å²) in [4.78, 5) is 41.6. The summed E-state index contributed by atoms with van der Waals surface area (Å²) in [6.45, 7) is 0.293. The Morgan fingerprint density at radius 1 is 1.13 bits per heavy atom. The van der Waals surface area contributed by atoms with Gasteiger partial charge in [-0.1, -0.05) is 18.2 Å². The van der Waals surface area contributed by atoms with Crippen LogP contribution in [0.1, 0.15) is 18.4 Å². The highest BCUT2D eigenvalue weighted by molar-refractivity contribution is 6.04. The summed E-state index contributed by atoms with van der Waals surface area (Å²) in [6, 6.07) is 13.8. The van der Waals surface area contributed by atoms with Crippen LogP contribution in [0.25, 0.3) is 10.9 Å². The number of urea groups is 1. The third kappa shape index (κ3) is 4.53. The lowest BCUT2D eigenvalue weighted by molar-refractivity contribution is -0.127. The number of imide groups is 1. The number of hydrogen-bond acceptors (Lipinski definition) is 4. The molecule has 0 bridgehead atoms. The first-order valence-electron chi connectivity index (χ1n) is 10.2. The van der Waals surface area contributed by atoms with Crippen LogP contribution in [-0.2, 0) is 16.0 Å². The van der Waals surface area contributed by atoms with Gasteiger partial charge in [0.05, 0.1) is 7.11 Å². The number of benzene rings is 2. The molecule has 1 saturated heterocycles. The summed E-state index contributed by atoms with van der Waals surface area (Å²) >= 11 is 0. The Bertz CT molecular complexity index is 1110. The van der Waals surface area contributed by atoms with Gasteiger partial charge in [-0.2, -0.15) is 0 Å². The molecule has 0 spiro atoms. The molecule has 31 heavy (non-hydrogen) atoms. The van der Waals surface area contributed by atoms with Gasteiger partial charge in [-0.25, -0.2) is 4.79 Å². The number of fused-ring (bicyclic) bond motifs is 1. The van der Waals surface area contributed by atoms with E-state index >= 15 is 0 Å². The highest BCUT2D eigenvalue weighted by atomic mass is 16.5. The number of carbonyl (C=O) groups excluding carboxylic acids is 3. The van der Waals surface area contributed by atoms with E-state index in [0.29, 0.717) is 24.4 Å². The Kier molecular flexibility index (Phi) is 5.88. The lowest BCUT2D eigenvalue weighted by Gasteiger charge is -2.13. The maximum atomic E-state index is 12.7. The summed E-state index contributed by atoms with van der Waals surface area (Å²) in [5, 5.41) is 6.55. The Balaban J connectivity index is 1.29. The SMILES string of the molecule is COc1ccc(NC(=O)CC[C@H]2NC(=O)N(CCc3c[nH]c4ccccc34)C2=O)cc1. The minimum atomic E-state index is -0.683. The van der Waals surface area contributed by atoms with E-state index in [4.69, 9.17) is 4.74 Å². The number of aromatic nitrogens is 1. The van der Waals surface area contributed by atoms with Crippen molar-refractivity contribution in [2.45, 2.75) is 25.3 Å². The monoisotopic (exact) mass is 420 g/mol. The highest BCUT2D eigenvalue weighted by Crippen LogP contribution is 2.20. The third-order valence-electron chi connectivity index (χ3n) is 5.42. The van der Waals surface area contributed by atoms with Crippen LogP contribution in [0.4, 0.5) is 10.5 Å². The number of hydrogen-bond donors (Lipinski definition) is 3. The van der Waals surface area contributed by atoms with E-state index in [2.05, 4.69) is 15.6 Å². The molecule has 4 rings (SSSR count). The molecule has 3 N–H and O–H groups in total. The molecule has 160 valence electrons. The average Bonchev–Trinajstić information content (AvgIpc) is 3.31. The van der Waals surface area contributed by atoms with Gasteiger partial charge < -0.3 is 20.4 Å². The average molecular weight is 420 g/mol. The Morgan fingerprint density at radius 2 is 1.90 bits per heavy atom. The molecule has 1 atom stereocenters. The number of nitrogens with one attached hydrogen (secondary N) is 3. The van der Waals surface area contributed by atoms with E-state index in [-0.39, 0.29) is 24.7 Å². The molecule has 8 heteroatoms. The van der Waals surface area contributed by atoms with Crippen molar-refractivity contribution in [2.75, 3.05) is 19.0 Å². The minimum absolute atomic E-state index is 0.124. The van der Waals surface area contributed by atoms with Crippen molar-refractivity contribution in [3.05, 3.63) is 60.3 Å². The van der Waals surface area contributed by atoms with Gasteiger partial charge in [0.2, 0.25) is 5.91 Å². The van der Waals surface area contributed by atoms with Crippen molar-refractivity contribution in [1.82, 2.24) is 15.2 Å². The van der Waals surface area contributed by atoms with E-state index in [1.54, 1.807) is 31.4 Å². The molecule has 4 amide bonds. The largest absolute Gasteiger partial charge is 0.497 e. The van der Waals surface area contributed by atoms with Gasteiger partial charge >= 0.3 is 6.03 Å². The zero-order valence-corrected chi connectivity index (χ0v) is 17.2. The fourth-order valence-corrected chi connectivity index (χ4v) is 3.73. The van der Waals surface area contributed by atoms with Gasteiger partial charge in [-0.05, 0) is 48.7 Å². The zero-order chi connectivity index (χ0) is 21.8. The molecule has 2 aromatic carbocycles. The molecule has 8 nitrogen and oxygen atoms in total. The zero-order valence-electron chi connectivity index (χ0n) is 17.2. The van der Waals surface area contributed by atoms with Crippen molar-refractivity contribution < 1.29 is 19.1 Å². The molecule has 0 radical (unpaired) electrons. The van der Waals surface area contributed by atoms with Crippen molar-refractivity contribution >= 4 is 34.4 Å². The highest BCUT2D eigenvalue weighted by Gasteiger charge is 2.37. The number of nitrogens with zero attached hydrogens (tertiary/aromatic N) is 1. The summed E-state index contributed by atoms with van der Waals surface area (Å²) in [7, 11) is 1.57. The number of para-hydroxylation sites is 1. The van der Waals surface area contributed by atoms with Crippen LogP contribution in [0.3, 0.4) is 0 Å². The number of rotatable bonds is 8. The molecule has 0 unspecified atom stereocenters. The normalized spacial score (nSPS) is 15.9. The molecule has 1 aliphatic heterocycles. The van der Waals surface area contributed by atoms with Crippen LogP contribution in [0.2, 0.25) is 0 Å². The van der Waals surface area contributed by atoms with E-state index in [1.807, 2.05) is 30.5 Å². The maximum absolute atomic E-state index is 12.7. The van der Waals surface area contributed by atoms with Crippen molar-refractivity contribution in [1.29, 1.82) is 0 Å². The fraction of sp³-hybridized carbons (Fsp3) is 0.261. The van der Waals surface area contributed by atoms with Gasteiger partial charge in [-0.15, -0.1) is 0 Å². The summed E-state index contributed by atoms with van der Waals surface area (Å²) in [6.07, 6.45) is 2.84. The molecule has 1 fully saturated rings. The molecule has 0 saturated carbocycles. The molecule has 1 aliphatic rings. The Morgan fingerprint density at radius 3 is 2.68 bits per heavy atom. The number of ether oxygens (including phenoxy) is 1. The first kappa shape index (κ1) is 20.5. The van der Waals surface area contributed by atoms with Crippen molar-refractivity contribution in [2.24, 2.45) is 0 Å². The Hall–Kier alpha value is -3.81. The molecular formula is C23H24N4O4. The van der Waals surface area contributed by atoms with Crippen LogP contribution in [0, 0.1) is 0 Å². The quantitative estimate of drug-likeness (QED) is 0.487. The minimum Gasteiger partial charge on any atom is -0.497 e. The van der Waals surface area contributed by atoms with Crippen molar-refractivity contribution in [3.8, 4) is 5.75 Å². The molecule has 2 heterocycles. The number of aromatic amines is 1. The number of amides is 4. The van der Waals surface area contributed by atoms with Crippen molar-refractivity contribution in [3.63, 3.8) is 0 Å². The van der Waals surface area contributed by atoms with E-state index in [0.717, 1.165) is 16.5 Å². The number of carbonyl (C=O) groups is 3. The van der Waals surface area contributed by atoms with Gasteiger partial charge in [-0.3, -0.25) is 14.5 Å². The second kappa shape index (κ2) is 8.91. The van der Waals surface area contributed by atoms with Crippen LogP contribution in [0.5, 0.6) is 5.75 Å². The van der Waals surface area contributed by atoms with Crippen LogP contribution < -0.4 is 15.4 Å². The molecule has 3 aromatic rings. The lowest BCUT2D eigenvalue weighted by atomic mass is 10.1. The number of anilines is 1. The van der Waals surface area contributed by atoms with Crippen LogP contribution >= 0.6 is 0 Å². The number of H-pyrrole nitrogens is 1. The van der Waals surface area contributed by atoms with E-state index in [1.165, 1.54) is 4.90 Å². The van der Waals surface area contributed by atoms with Crippen LogP contribution in [-0.4, -0.2) is 47.4 Å². The van der Waals surface area contributed by atoms with Gasteiger partial charge in [0.15, 0.2) is 0 Å². The Labute approximate surface area is 179 Å². The standard InChI is InChI=1S/C23H24N4O4/c1-31-17-8-6-16(7-9-17)25-21(28)11-10-20-22(29)27(23(30)26-20)13-12-15-14-24-19-5-3-2-4-18(15)19/h2-9,14,20,24H,10-13H2,1H3,(H,25,28)(H,26,30)/t20-/m1/s1. The maximum Gasteiger partial charge on any atom is 0.324 e. The van der Waals surface area contributed by atoms with Gasteiger partial charge in [0.25, 0.3) is 5.91 Å². The van der Waals surface area contributed by atoms with E-state index in [9.17, 15) is 14.4 Å². The summed E-state index contributed by atoms with van der Waals surface area (Å²) < 4.78 is 5.09. The molecule has 0 aliphatic carbocycles. The lowest BCUT2D eigenvalue weighted by Crippen LogP contribution is -2.33. The van der Waals surface area contributed by atoms with Gasteiger partial charge in [0.1, 0.15) is 11.8 Å². The smallest absolute Gasteiger partial charge is 0.324 e. The fourth-order valence-electron chi connectivity index (χ4n) is 3.73.